The zero-order chi connectivity index (χ0) is 4.12. The van der Waals surface area contributed by atoms with Crippen molar-refractivity contribution in [3.8, 4) is 6.19 Å². The summed E-state index contributed by atoms with van der Waals surface area (Å²) >= 11 is 0. The first-order valence-corrected chi connectivity index (χ1v) is 0.847. The average molecular weight is 68.0 g/mol. The number of hydrogen-bond donors (Lipinski definition) is 0. The maximum atomic E-state index is 7.40. The van der Waals surface area contributed by atoms with Gasteiger partial charge in [-0.1, -0.05) is 0 Å². The Labute approximate surface area is 28.3 Å². The molecule has 4 nitrogen and oxygen atoms in total. The van der Waals surface area contributed by atoms with Gasteiger partial charge in [-0.25, -0.2) is 0 Å². The lowest BCUT2D eigenvalue weighted by molar-refractivity contribution is 1.42. The van der Waals surface area contributed by atoms with Gasteiger partial charge in [-0.2, -0.15) is 5.26 Å². The second-order valence-corrected chi connectivity index (χ2v) is 0.289. The molecule has 4 heteroatoms. The summed E-state index contributed by atoms with van der Waals surface area (Å²) < 4.78 is 0. The zero-order valence-corrected chi connectivity index (χ0v) is 2.29. The minimum atomic E-state index is 1.23. The van der Waals surface area contributed by atoms with Crippen molar-refractivity contribution in [3.63, 3.8) is 0 Å². The van der Waals surface area contributed by atoms with Crippen LogP contribution in [-0.4, -0.2) is 0 Å². The van der Waals surface area contributed by atoms with E-state index < -0.39 is 0 Å². The highest BCUT2D eigenvalue weighted by Gasteiger charge is 1.43. The van der Waals surface area contributed by atoms with E-state index in [4.69, 9.17) is 10.8 Å². The Kier molecular flexibility index (Phi) is 2.13. The summed E-state index contributed by atoms with van der Waals surface area (Å²) in [5, 5.41) is 9.85. The number of hydrogen-bond acceptors (Lipinski definition) is 2. The van der Waals surface area contributed by atoms with Crippen molar-refractivity contribution in [3.05, 3.63) is 10.4 Å². The molecule has 0 radical (unpaired) electrons. The van der Waals surface area contributed by atoms with Gasteiger partial charge in [0, 0.05) is 10.0 Å². The van der Waals surface area contributed by atoms with Crippen molar-refractivity contribution in [1.29, 1.82) is 5.26 Å². The van der Waals surface area contributed by atoms with Crippen LogP contribution in [0.4, 0.5) is 0 Å². The van der Waals surface area contributed by atoms with Gasteiger partial charge in [-0.15, -0.1) is 0 Å². The maximum absolute atomic E-state index is 7.40. The molecule has 0 saturated carbocycles. The molecule has 0 aliphatic heterocycles. The Morgan fingerprint density at radius 1 is 2.00 bits per heavy atom. The van der Waals surface area contributed by atoms with E-state index in [9.17, 15) is 0 Å². The van der Waals surface area contributed by atoms with Crippen molar-refractivity contribution in [2.45, 2.75) is 0 Å². The average Bonchev–Trinajstić information content (AvgIpc) is 1.41. The molecule has 5 heavy (non-hydrogen) atoms. The summed E-state index contributed by atoms with van der Waals surface area (Å²) in [6.45, 7) is 0. The molecule has 0 atom stereocenters. The van der Waals surface area contributed by atoms with Gasteiger partial charge in [0.15, 0.2) is 6.19 Å². The molecule has 0 saturated heterocycles. The maximum Gasteiger partial charge on any atom is 0.162 e. The molecule has 0 aliphatic rings. The number of nitriles is 1. The molecule has 0 aromatic heterocycles. The lowest BCUT2D eigenvalue weighted by Gasteiger charge is -1.33. The number of rotatable bonds is 0. The van der Waals surface area contributed by atoms with E-state index in [0.29, 0.717) is 0 Å². The molecule has 0 fully saturated rings. The van der Waals surface area contributed by atoms with Crippen LogP contribution in [0.15, 0.2) is 5.11 Å². The third kappa shape index (κ3) is 2.80. The second kappa shape index (κ2) is 2.80. The van der Waals surface area contributed by atoms with Crippen LogP contribution in [0.25, 0.3) is 10.4 Å². The van der Waals surface area contributed by atoms with E-state index in [1.807, 2.05) is 0 Å². The van der Waals surface area contributed by atoms with Gasteiger partial charge in [0.2, 0.25) is 0 Å². The highest BCUT2D eigenvalue weighted by atomic mass is 15.1. The Balaban J connectivity index is 3.46. The molecule has 0 unspecified atom stereocenters. The van der Waals surface area contributed by atoms with Crippen LogP contribution in [0.5, 0.6) is 0 Å². The van der Waals surface area contributed by atoms with Crippen LogP contribution in [-0.2, 0) is 0 Å². The largest absolute Gasteiger partial charge is 0.190 e. The third-order valence-electron chi connectivity index (χ3n) is 0.0894. The molecule has 0 N–H and O–H groups in total. The summed E-state index contributed by atoms with van der Waals surface area (Å²) in [4.78, 5) is 2.12. The Morgan fingerprint density at radius 2 is 2.60 bits per heavy atom. The minimum Gasteiger partial charge on any atom is -0.190 e. The Bertz CT molecular complexity index is 90.7. The normalized spacial score (nSPS) is 3.80. The monoisotopic (exact) mass is 68.0 g/mol. The fourth-order valence-electron chi connectivity index (χ4n) is 0.0200. The molecule has 0 heterocycles. The van der Waals surface area contributed by atoms with Crippen LogP contribution in [0.2, 0.25) is 0 Å². The summed E-state index contributed by atoms with van der Waals surface area (Å²) in [7, 11) is 0. The molecule has 0 bridgehead atoms. The molecule has 0 spiro atoms. The van der Waals surface area contributed by atoms with E-state index >= 15 is 0 Å². The standard InChI is InChI=1S/CN4/c2-1-4-5-3. The second-order valence-electron chi connectivity index (χ2n) is 0.289. The molecule has 24 valence electrons. The fourth-order valence-corrected chi connectivity index (χ4v) is 0.0200. The predicted molar refractivity (Wildman–Crippen MR) is 14.8 cm³/mol. The van der Waals surface area contributed by atoms with Gasteiger partial charge in [0.25, 0.3) is 0 Å². The SMILES string of the molecule is N#CN=[N+]=[N-]. The zero-order valence-electron chi connectivity index (χ0n) is 2.29. The van der Waals surface area contributed by atoms with E-state index in [1.54, 1.807) is 0 Å². The van der Waals surface area contributed by atoms with Crippen LogP contribution in [0, 0.1) is 11.5 Å². The molecular formula is CN4. The van der Waals surface area contributed by atoms with Gasteiger partial charge in [0.05, 0.1) is 0 Å². The van der Waals surface area contributed by atoms with Crippen LogP contribution >= 0.6 is 0 Å². The minimum absolute atomic E-state index is 1.23. The lowest BCUT2D eigenvalue weighted by atomic mass is 11.5. The van der Waals surface area contributed by atoms with Gasteiger partial charge in [0.1, 0.15) is 0 Å². The van der Waals surface area contributed by atoms with Crippen molar-refractivity contribution in [2.24, 2.45) is 5.11 Å². The van der Waals surface area contributed by atoms with E-state index in [-0.39, 0.29) is 0 Å². The number of azide groups is 1. The highest BCUT2D eigenvalue weighted by Crippen LogP contribution is 1.54. The van der Waals surface area contributed by atoms with E-state index in [1.165, 1.54) is 6.19 Å². The first kappa shape index (κ1) is 3.80. The summed E-state index contributed by atoms with van der Waals surface area (Å²) in [6, 6.07) is 0. The fraction of sp³-hybridized carbons (Fsp3) is 0. The van der Waals surface area contributed by atoms with Crippen LogP contribution in [0.1, 0.15) is 0 Å². The van der Waals surface area contributed by atoms with Gasteiger partial charge < -0.3 is 0 Å². The van der Waals surface area contributed by atoms with Crippen molar-refractivity contribution in [1.82, 2.24) is 0 Å². The molecular weight excluding hydrogens is 68.0 g/mol. The summed E-state index contributed by atoms with van der Waals surface area (Å²) in [5.41, 5.74) is 7.30. The molecule has 0 aliphatic carbocycles. The van der Waals surface area contributed by atoms with Crippen molar-refractivity contribution < 1.29 is 0 Å². The third-order valence-corrected chi connectivity index (χ3v) is 0.0894. The number of nitrogens with zero attached hydrogens (tertiary/aromatic N) is 4. The first-order valence-electron chi connectivity index (χ1n) is 0.847. The smallest absolute Gasteiger partial charge is 0.162 e. The summed E-state index contributed by atoms with van der Waals surface area (Å²) in [6.07, 6.45) is 1.23. The molecule has 0 aromatic carbocycles. The Morgan fingerprint density at radius 3 is 2.60 bits per heavy atom. The molecule has 0 aromatic rings. The first-order chi connectivity index (χ1) is 2.41. The summed E-state index contributed by atoms with van der Waals surface area (Å²) in [5.74, 6) is 0. The lowest BCUT2D eigenvalue weighted by Crippen LogP contribution is -1.25. The Hall–Kier alpha value is -1.20. The van der Waals surface area contributed by atoms with Gasteiger partial charge in [-0.3, -0.25) is 0 Å². The van der Waals surface area contributed by atoms with Crippen LogP contribution in [0.3, 0.4) is 0 Å². The van der Waals surface area contributed by atoms with Gasteiger partial charge >= 0.3 is 0 Å². The highest BCUT2D eigenvalue weighted by molar-refractivity contribution is 4.62. The van der Waals surface area contributed by atoms with Crippen molar-refractivity contribution >= 4 is 0 Å². The quantitative estimate of drug-likeness (QED) is 0.179. The van der Waals surface area contributed by atoms with E-state index in [2.05, 4.69) is 10.0 Å². The van der Waals surface area contributed by atoms with E-state index in [0.717, 1.165) is 0 Å². The predicted octanol–water partition coefficient (Wildman–Crippen LogP) is 0.778. The van der Waals surface area contributed by atoms with Crippen molar-refractivity contribution in [2.75, 3.05) is 0 Å². The molecule has 0 rings (SSSR count). The van der Waals surface area contributed by atoms with Gasteiger partial charge in [-0.05, 0) is 5.53 Å². The van der Waals surface area contributed by atoms with Crippen LogP contribution < -0.4 is 0 Å². The molecule has 0 amide bonds. The topological polar surface area (TPSA) is 72.5 Å².